The molecule has 2 rings (SSSR count). The van der Waals surface area contributed by atoms with E-state index in [0.29, 0.717) is 16.2 Å². The summed E-state index contributed by atoms with van der Waals surface area (Å²) >= 11 is 1.39. The van der Waals surface area contributed by atoms with Gasteiger partial charge < -0.3 is 9.47 Å². The standard InChI is InChI=1S/C14H12O4S/c1-17-12-7-9(3-5-11(12)14(16)18-2)13-6-4-10(8-15)19-13/h3-8H,1-2H3. The van der Waals surface area contributed by atoms with Gasteiger partial charge in [-0.2, -0.15) is 0 Å². The fourth-order valence-electron chi connectivity index (χ4n) is 1.69. The molecule has 4 nitrogen and oxygen atoms in total. The van der Waals surface area contributed by atoms with Crippen molar-refractivity contribution in [3.63, 3.8) is 0 Å². The highest BCUT2D eigenvalue weighted by Gasteiger charge is 2.14. The number of hydrogen-bond acceptors (Lipinski definition) is 5. The molecule has 1 aromatic heterocycles. The van der Waals surface area contributed by atoms with Crippen LogP contribution in [0.15, 0.2) is 30.3 Å². The highest BCUT2D eigenvalue weighted by Crippen LogP contribution is 2.31. The van der Waals surface area contributed by atoms with E-state index < -0.39 is 5.97 Å². The Bertz CT molecular complexity index is 616. The van der Waals surface area contributed by atoms with Crippen molar-refractivity contribution in [2.75, 3.05) is 14.2 Å². The predicted molar refractivity (Wildman–Crippen MR) is 73.0 cm³/mol. The van der Waals surface area contributed by atoms with Crippen LogP contribution < -0.4 is 4.74 Å². The Labute approximate surface area is 114 Å². The maximum atomic E-state index is 11.5. The summed E-state index contributed by atoms with van der Waals surface area (Å²) in [5, 5.41) is 0. The third-order valence-electron chi connectivity index (χ3n) is 2.63. The van der Waals surface area contributed by atoms with Crippen molar-refractivity contribution in [3.05, 3.63) is 40.8 Å². The SMILES string of the molecule is COC(=O)c1ccc(-c2ccc(C=O)s2)cc1OC. The molecule has 0 aliphatic carbocycles. The van der Waals surface area contributed by atoms with Crippen molar-refractivity contribution in [1.82, 2.24) is 0 Å². The number of esters is 1. The van der Waals surface area contributed by atoms with E-state index in [9.17, 15) is 9.59 Å². The van der Waals surface area contributed by atoms with Crippen LogP contribution in [0.5, 0.6) is 5.75 Å². The minimum atomic E-state index is -0.442. The van der Waals surface area contributed by atoms with E-state index in [2.05, 4.69) is 4.74 Å². The lowest BCUT2D eigenvalue weighted by Gasteiger charge is -2.08. The first-order valence-electron chi connectivity index (χ1n) is 5.51. The van der Waals surface area contributed by atoms with Crippen LogP contribution in [0.25, 0.3) is 10.4 Å². The monoisotopic (exact) mass is 276 g/mol. The van der Waals surface area contributed by atoms with Gasteiger partial charge in [-0.15, -0.1) is 11.3 Å². The summed E-state index contributed by atoms with van der Waals surface area (Å²) in [6.45, 7) is 0. The molecule has 0 atom stereocenters. The zero-order valence-electron chi connectivity index (χ0n) is 10.5. The average Bonchev–Trinajstić information content (AvgIpc) is 2.94. The van der Waals surface area contributed by atoms with Gasteiger partial charge in [0.15, 0.2) is 6.29 Å². The van der Waals surface area contributed by atoms with Crippen LogP contribution >= 0.6 is 11.3 Å². The quantitative estimate of drug-likeness (QED) is 0.636. The Morgan fingerprint density at radius 2 is 2.00 bits per heavy atom. The predicted octanol–water partition coefficient (Wildman–Crippen LogP) is 3.02. The summed E-state index contributed by atoms with van der Waals surface area (Å²) in [5.74, 6) is 0.00793. The van der Waals surface area contributed by atoms with Crippen LogP contribution in [0.3, 0.4) is 0 Å². The molecule has 0 radical (unpaired) electrons. The highest BCUT2D eigenvalue weighted by molar-refractivity contribution is 7.17. The first kappa shape index (κ1) is 13.3. The first-order valence-corrected chi connectivity index (χ1v) is 6.33. The highest BCUT2D eigenvalue weighted by atomic mass is 32.1. The molecule has 0 saturated carbocycles. The zero-order valence-corrected chi connectivity index (χ0v) is 11.3. The molecule has 0 amide bonds. The number of ether oxygens (including phenoxy) is 2. The van der Waals surface area contributed by atoms with Gasteiger partial charge in [0, 0.05) is 4.88 Å². The van der Waals surface area contributed by atoms with Crippen molar-refractivity contribution in [3.8, 4) is 16.2 Å². The molecule has 0 bridgehead atoms. The lowest BCUT2D eigenvalue weighted by Crippen LogP contribution is -2.03. The maximum absolute atomic E-state index is 11.5. The average molecular weight is 276 g/mol. The second-order valence-electron chi connectivity index (χ2n) is 3.73. The fourth-order valence-corrected chi connectivity index (χ4v) is 2.51. The third-order valence-corrected chi connectivity index (χ3v) is 3.69. The lowest BCUT2D eigenvalue weighted by molar-refractivity contribution is 0.0597. The number of carbonyl (C=O) groups excluding carboxylic acids is 2. The van der Waals surface area contributed by atoms with E-state index in [4.69, 9.17) is 4.74 Å². The number of benzene rings is 1. The van der Waals surface area contributed by atoms with Crippen molar-refractivity contribution < 1.29 is 19.1 Å². The maximum Gasteiger partial charge on any atom is 0.341 e. The Kier molecular flexibility index (Phi) is 3.97. The van der Waals surface area contributed by atoms with Gasteiger partial charge in [0.2, 0.25) is 0 Å². The molecular formula is C14H12O4S. The van der Waals surface area contributed by atoms with Gasteiger partial charge in [0.05, 0.1) is 19.1 Å². The van der Waals surface area contributed by atoms with E-state index in [1.165, 1.54) is 25.6 Å². The first-order chi connectivity index (χ1) is 9.19. The number of hydrogen-bond donors (Lipinski definition) is 0. The number of carbonyl (C=O) groups is 2. The topological polar surface area (TPSA) is 52.6 Å². The largest absolute Gasteiger partial charge is 0.496 e. The summed E-state index contributed by atoms with van der Waals surface area (Å²) in [4.78, 5) is 23.8. The number of rotatable bonds is 4. The summed E-state index contributed by atoms with van der Waals surface area (Å²) < 4.78 is 9.88. The molecule has 0 unspecified atom stereocenters. The molecular weight excluding hydrogens is 264 g/mol. The van der Waals surface area contributed by atoms with Gasteiger partial charge >= 0.3 is 5.97 Å². The van der Waals surface area contributed by atoms with E-state index in [0.717, 1.165) is 16.7 Å². The van der Waals surface area contributed by atoms with Crippen molar-refractivity contribution in [2.45, 2.75) is 0 Å². The van der Waals surface area contributed by atoms with Gasteiger partial charge in [-0.1, -0.05) is 6.07 Å². The molecule has 0 spiro atoms. The summed E-state index contributed by atoms with van der Waals surface area (Å²) in [7, 11) is 2.82. The van der Waals surface area contributed by atoms with Crippen molar-refractivity contribution in [2.24, 2.45) is 0 Å². The molecule has 0 fully saturated rings. The normalized spacial score (nSPS) is 10.0. The van der Waals surface area contributed by atoms with Crippen LogP contribution in [0.1, 0.15) is 20.0 Å². The lowest BCUT2D eigenvalue weighted by atomic mass is 10.1. The number of aldehydes is 1. The van der Waals surface area contributed by atoms with Gasteiger partial charge in [0.25, 0.3) is 0 Å². The molecule has 0 N–H and O–H groups in total. The van der Waals surface area contributed by atoms with Gasteiger partial charge in [-0.25, -0.2) is 4.79 Å². The molecule has 98 valence electrons. The Balaban J connectivity index is 2.43. The van der Waals surface area contributed by atoms with E-state index in [-0.39, 0.29) is 0 Å². The van der Waals surface area contributed by atoms with Crippen LogP contribution in [0.2, 0.25) is 0 Å². The van der Waals surface area contributed by atoms with Crippen molar-refractivity contribution >= 4 is 23.6 Å². The minimum absolute atomic E-state index is 0.376. The zero-order chi connectivity index (χ0) is 13.8. The molecule has 0 saturated heterocycles. The fraction of sp³-hybridized carbons (Fsp3) is 0.143. The third kappa shape index (κ3) is 2.66. The van der Waals surface area contributed by atoms with Crippen LogP contribution in [-0.2, 0) is 4.74 Å². The molecule has 2 aromatic rings. The smallest absolute Gasteiger partial charge is 0.341 e. The van der Waals surface area contributed by atoms with Crippen LogP contribution in [-0.4, -0.2) is 26.5 Å². The molecule has 0 aliphatic rings. The molecule has 1 heterocycles. The molecule has 1 aromatic carbocycles. The summed E-state index contributed by atoms with van der Waals surface area (Å²) in [6.07, 6.45) is 0.814. The number of thiophene rings is 1. The molecule has 5 heteroatoms. The summed E-state index contributed by atoms with van der Waals surface area (Å²) in [6, 6.07) is 8.83. The van der Waals surface area contributed by atoms with Crippen LogP contribution in [0.4, 0.5) is 0 Å². The Hall–Kier alpha value is -2.14. The second kappa shape index (κ2) is 5.67. The molecule has 0 aliphatic heterocycles. The van der Waals surface area contributed by atoms with Gasteiger partial charge in [-0.05, 0) is 29.8 Å². The minimum Gasteiger partial charge on any atom is -0.496 e. The van der Waals surface area contributed by atoms with Gasteiger partial charge in [-0.3, -0.25) is 4.79 Å². The van der Waals surface area contributed by atoms with E-state index in [1.807, 2.05) is 6.07 Å². The molecule has 19 heavy (non-hydrogen) atoms. The second-order valence-corrected chi connectivity index (χ2v) is 4.84. The Morgan fingerprint density at radius 3 is 2.58 bits per heavy atom. The van der Waals surface area contributed by atoms with Crippen molar-refractivity contribution in [1.29, 1.82) is 0 Å². The van der Waals surface area contributed by atoms with Crippen LogP contribution in [0, 0.1) is 0 Å². The van der Waals surface area contributed by atoms with E-state index >= 15 is 0 Å². The number of methoxy groups -OCH3 is 2. The van der Waals surface area contributed by atoms with E-state index in [1.54, 1.807) is 24.3 Å². The summed E-state index contributed by atoms with van der Waals surface area (Å²) in [5.41, 5.74) is 1.27. The van der Waals surface area contributed by atoms with Gasteiger partial charge in [0.1, 0.15) is 11.3 Å². The Morgan fingerprint density at radius 1 is 1.21 bits per heavy atom.